The Morgan fingerprint density at radius 1 is 1.14 bits per heavy atom. The Kier molecular flexibility index (Phi) is 4.11. The van der Waals surface area contributed by atoms with Crippen LogP contribution in [0.1, 0.15) is 16.7 Å². The molecule has 0 saturated heterocycles. The largest absolute Gasteiger partial charge is 0.488 e. The summed E-state index contributed by atoms with van der Waals surface area (Å²) in [4.78, 5) is 4.40. The Morgan fingerprint density at radius 2 is 1.91 bits per heavy atom. The van der Waals surface area contributed by atoms with Crippen LogP contribution in [0.3, 0.4) is 0 Å². The van der Waals surface area contributed by atoms with E-state index in [1.165, 1.54) is 16.9 Å². The van der Waals surface area contributed by atoms with Crippen LogP contribution >= 0.6 is 11.3 Å². The van der Waals surface area contributed by atoms with Crippen LogP contribution in [0, 0.1) is 13.8 Å². The van der Waals surface area contributed by atoms with Gasteiger partial charge < -0.3 is 10.5 Å². The summed E-state index contributed by atoms with van der Waals surface area (Å²) in [5.41, 5.74) is 11.1. The number of hydrogen-bond acceptors (Lipinski definition) is 4. The monoisotopic (exact) mass is 310 g/mol. The van der Waals surface area contributed by atoms with Crippen molar-refractivity contribution in [2.24, 2.45) is 0 Å². The van der Waals surface area contributed by atoms with Crippen LogP contribution in [0.5, 0.6) is 5.75 Å². The van der Waals surface area contributed by atoms with E-state index in [9.17, 15) is 0 Å². The number of anilines is 1. The molecule has 0 bridgehead atoms. The average molecular weight is 310 g/mol. The predicted octanol–water partition coefficient (Wildman–Crippen LogP) is 4.59. The van der Waals surface area contributed by atoms with Gasteiger partial charge in [0.25, 0.3) is 0 Å². The lowest BCUT2D eigenvalue weighted by Gasteiger charge is -2.14. The van der Waals surface area contributed by atoms with Gasteiger partial charge in [0, 0.05) is 10.9 Å². The highest BCUT2D eigenvalue weighted by atomic mass is 32.1. The lowest BCUT2D eigenvalue weighted by Crippen LogP contribution is -2.00. The summed E-state index contributed by atoms with van der Waals surface area (Å²) in [7, 11) is 0. The van der Waals surface area contributed by atoms with Crippen LogP contribution in [0.25, 0.3) is 11.3 Å². The second kappa shape index (κ2) is 6.20. The molecule has 3 nitrogen and oxygen atoms in total. The molecule has 22 heavy (non-hydrogen) atoms. The number of nitrogens with two attached hydrogens (primary N) is 1. The zero-order chi connectivity index (χ0) is 15.5. The molecule has 0 aliphatic rings. The van der Waals surface area contributed by atoms with Gasteiger partial charge in [-0.1, -0.05) is 36.4 Å². The summed E-state index contributed by atoms with van der Waals surface area (Å²) >= 11 is 1.45. The van der Waals surface area contributed by atoms with E-state index in [4.69, 9.17) is 10.5 Å². The van der Waals surface area contributed by atoms with Crippen LogP contribution in [0.2, 0.25) is 0 Å². The van der Waals surface area contributed by atoms with Gasteiger partial charge in [0.15, 0.2) is 5.13 Å². The normalized spacial score (nSPS) is 10.6. The van der Waals surface area contributed by atoms with Crippen LogP contribution in [0.15, 0.2) is 47.8 Å². The molecule has 0 aliphatic heterocycles. The molecule has 0 spiro atoms. The molecule has 1 heterocycles. The summed E-state index contributed by atoms with van der Waals surface area (Å²) in [5, 5.41) is 2.54. The highest BCUT2D eigenvalue weighted by Gasteiger charge is 2.13. The number of ether oxygens (including phenoxy) is 1. The minimum atomic E-state index is 0.539. The number of aryl methyl sites for hydroxylation is 2. The summed E-state index contributed by atoms with van der Waals surface area (Å²) in [5.74, 6) is 0.875. The second-order valence-corrected chi connectivity index (χ2v) is 6.19. The third-order valence-electron chi connectivity index (χ3n) is 3.44. The fourth-order valence-corrected chi connectivity index (χ4v) is 3.04. The van der Waals surface area contributed by atoms with Crippen molar-refractivity contribution < 1.29 is 4.74 Å². The van der Waals surface area contributed by atoms with Crippen molar-refractivity contribution in [2.45, 2.75) is 20.5 Å². The molecule has 0 aliphatic carbocycles. The van der Waals surface area contributed by atoms with Crippen LogP contribution in [-0.2, 0) is 6.61 Å². The van der Waals surface area contributed by atoms with Crippen molar-refractivity contribution in [3.05, 3.63) is 64.5 Å². The van der Waals surface area contributed by atoms with E-state index in [1.807, 2.05) is 23.6 Å². The lowest BCUT2D eigenvalue weighted by molar-refractivity contribution is 0.305. The van der Waals surface area contributed by atoms with Gasteiger partial charge in [-0.05, 0) is 36.6 Å². The lowest BCUT2D eigenvalue weighted by atomic mass is 10.0. The van der Waals surface area contributed by atoms with Gasteiger partial charge in [-0.3, -0.25) is 0 Å². The Balaban J connectivity index is 1.95. The number of thiazole rings is 1. The number of rotatable bonds is 4. The van der Waals surface area contributed by atoms with E-state index in [-0.39, 0.29) is 0 Å². The molecule has 3 rings (SSSR count). The van der Waals surface area contributed by atoms with Gasteiger partial charge in [-0.25, -0.2) is 4.98 Å². The molecule has 112 valence electrons. The summed E-state index contributed by atoms with van der Waals surface area (Å²) < 4.78 is 6.10. The van der Waals surface area contributed by atoms with Crippen molar-refractivity contribution in [3.63, 3.8) is 0 Å². The highest BCUT2D eigenvalue weighted by Crippen LogP contribution is 2.35. The molecule has 4 heteroatoms. The quantitative estimate of drug-likeness (QED) is 0.767. The third-order valence-corrected chi connectivity index (χ3v) is 4.12. The van der Waals surface area contributed by atoms with E-state index >= 15 is 0 Å². The maximum Gasteiger partial charge on any atom is 0.180 e. The van der Waals surface area contributed by atoms with E-state index < -0.39 is 0 Å². The van der Waals surface area contributed by atoms with Gasteiger partial charge in [0.1, 0.15) is 12.4 Å². The first-order valence-electron chi connectivity index (χ1n) is 7.13. The van der Waals surface area contributed by atoms with Gasteiger partial charge >= 0.3 is 0 Å². The molecular formula is C18H18N2OS. The summed E-state index contributed by atoms with van der Waals surface area (Å²) in [6.45, 7) is 4.68. The molecule has 0 fully saturated rings. The van der Waals surface area contributed by atoms with Crippen molar-refractivity contribution in [2.75, 3.05) is 5.73 Å². The van der Waals surface area contributed by atoms with E-state index in [0.717, 1.165) is 28.1 Å². The highest BCUT2D eigenvalue weighted by molar-refractivity contribution is 7.13. The molecule has 0 radical (unpaired) electrons. The summed E-state index contributed by atoms with van der Waals surface area (Å²) in [6, 6.07) is 14.4. The minimum absolute atomic E-state index is 0.539. The molecule has 2 aromatic carbocycles. The molecule has 2 N–H and O–H groups in total. The van der Waals surface area contributed by atoms with E-state index in [1.54, 1.807) is 0 Å². The Hall–Kier alpha value is -2.33. The van der Waals surface area contributed by atoms with Crippen molar-refractivity contribution >= 4 is 16.5 Å². The Morgan fingerprint density at radius 3 is 2.59 bits per heavy atom. The first kappa shape index (κ1) is 14.6. The molecular weight excluding hydrogens is 292 g/mol. The maximum absolute atomic E-state index is 6.10. The van der Waals surface area contributed by atoms with Gasteiger partial charge in [0.05, 0.1) is 5.69 Å². The predicted molar refractivity (Wildman–Crippen MR) is 92.2 cm³/mol. The number of nitrogens with zero attached hydrogens (tertiary/aromatic N) is 1. The van der Waals surface area contributed by atoms with Crippen LogP contribution < -0.4 is 10.5 Å². The molecule has 3 aromatic rings. The molecule has 0 amide bonds. The first-order valence-corrected chi connectivity index (χ1v) is 8.01. The number of benzene rings is 2. The Bertz CT molecular complexity index is 781. The standard InChI is InChI=1S/C18H18N2OS/c1-12-8-13(2)17(21-10-14-6-4-3-5-7-14)15(9-12)16-11-22-18(19)20-16/h3-9,11H,10H2,1-2H3,(H2,19,20). The zero-order valence-electron chi connectivity index (χ0n) is 12.7. The average Bonchev–Trinajstić information content (AvgIpc) is 2.93. The van der Waals surface area contributed by atoms with E-state index in [2.05, 4.69) is 43.1 Å². The van der Waals surface area contributed by atoms with E-state index in [0.29, 0.717) is 11.7 Å². The summed E-state index contributed by atoms with van der Waals surface area (Å²) in [6.07, 6.45) is 0. The molecule has 0 saturated carbocycles. The van der Waals surface area contributed by atoms with Gasteiger partial charge in [-0.15, -0.1) is 11.3 Å². The molecule has 1 aromatic heterocycles. The SMILES string of the molecule is Cc1cc(C)c(OCc2ccccc2)c(-c2csc(N)n2)c1. The van der Waals surface area contributed by atoms with Crippen molar-refractivity contribution in [1.82, 2.24) is 4.98 Å². The number of hydrogen-bond donors (Lipinski definition) is 1. The topological polar surface area (TPSA) is 48.1 Å². The number of nitrogen functional groups attached to an aromatic ring is 1. The third kappa shape index (κ3) is 3.12. The fraction of sp³-hybridized carbons (Fsp3) is 0.167. The maximum atomic E-state index is 6.10. The van der Waals surface area contributed by atoms with Gasteiger partial charge in [-0.2, -0.15) is 0 Å². The first-order chi connectivity index (χ1) is 10.6. The van der Waals surface area contributed by atoms with Crippen LogP contribution in [0.4, 0.5) is 5.13 Å². The molecule has 0 unspecified atom stereocenters. The Labute approximate surface area is 134 Å². The van der Waals surface area contributed by atoms with Crippen LogP contribution in [-0.4, -0.2) is 4.98 Å². The smallest absolute Gasteiger partial charge is 0.180 e. The molecule has 0 atom stereocenters. The number of aromatic nitrogens is 1. The zero-order valence-corrected chi connectivity index (χ0v) is 13.5. The fourth-order valence-electron chi connectivity index (χ4n) is 2.48. The second-order valence-electron chi connectivity index (χ2n) is 5.30. The van der Waals surface area contributed by atoms with Crippen molar-refractivity contribution in [3.8, 4) is 17.0 Å². The van der Waals surface area contributed by atoms with Gasteiger partial charge in [0.2, 0.25) is 0 Å². The minimum Gasteiger partial charge on any atom is -0.488 e. The van der Waals surface area contributed by atoms with Crippen molar-refractivity contribution in [1.29, 1.82) is 0 Å².